The quantitative estimate of drug-likeness (QED) is 0.0372. The summed E-state index contributed by atoms with van der Waals surface area (Å²) >= 11 is 0. The topological polar surface area (TPSA) is 114 Å². The molecule has 2 aromatic carbocycles. The molecule has 0 unspecified atom stereocenters. The number of hydrogen-bond acceptors (Lipinski definition) is 6. The molecular formula is C54H94BaO6S2. The van der Waals surface area contributed by atoms with Gasteiger partial charge in [0.2, 0.25) is 0 Å². The van der Waals surface area contributed by atoms with E-state index in [1.54, 1.807) is 12.1 Å². The number of benzene rings is 2. The molecule has 0 aliphatic rings. The van der Waals surface area contributed by atoms with Gasteiger partial charge in [0.25, 0.3) is 0 Å². The first-order valence-corrected chi connectivity index (χ1v) is 29.0. The number of hydrogen-bond donors (Lipinski definition) is 0. The Morgan fingerprint density at radius 3 is 0.698 bits per heavy atom. The standard InChI is InChI=1S/2C27H48O3S.Ba/c2*1-2-3-4-5-6-7-8-9-10-11-12-13-14-15-16-17-18-19-20-22-26-23-21-24-27(25-26)31(28,29)30;/h2*21,23-25H,2-20,22H2,1H3,(H,28,29,30);/q;;+2/p-2. The molecule has 2 rings (SSSR count). The molecule has 6 nitrogen and oxygen atoms in total. The van der Waals surface area contributed by atoms with Crippen LogP contribution in [0.3, 0.4) is 0 Å². The third-order valence-corrected chi connectivity index (χ3v) is 14.2. The number of aryl methyl sites for hydroxylation is 2. The maximum Gasteiger partial charge on any atom is 2.00 e. The van der Waals surface area contributed by atoms with Crippen molar-refractivity contribution in [2.75, 3.05) is 0 Å². The van der Waals surface area contributed by atoms with E-state index in [9.17, 15) is 25.9 Å². The minimum absolute atomic E-state index is 0. The number of unbranched alkanes of at least 4 members (excludes halogenated alkanes) is 36. The van der Waals surface area contributed by atoms with Crippen LogP contribution in [0.4, 0.5) is 0 Å². The molecule has 0 radical (unpaired) electrons. The fourth-order valence-corrected chi connectivity index (χ4v) is 9.61. The van der Waals surface area contributed by atoms with Crippen LogP contribution in [0.5, 0.6) is 0 Å². The Hall–Kier alpha value is -0.169. The van der Waals surface area contributed by atoms with E-state index in [4.69, 9.17) is 0 Å². The van der Waals surface area contributed by atoms with Gasteiger partial charge in [-0.05, 0) is 61.1 Å². The Morgan fingerprint density at radius 2 is 0.508 bits per heavy atom. The van der Waals surface area contributed by atoms with Crippen molar-refractivity contribution in [2.24, 2.45) is 0 Å². The smallest absolute Gasteiger partial charge is 0.744 e. The molecule has 0 saturated carbocycles. The van der Waals surface area contributed by atoms with Crippen molar-refractivity contribution in [3.05, 3.63) is 59.7 Å². The van der Waals surface area contributed by atoms with Crippen molar-refractivity contribution in [1.29, 1.82) is 0 Å². The monoisotopic (exact) mass is 1040 g/mol. The summed E-state index contributed by atoms with van der Waals surface area (Å²) in [7, 11) is -8.68. The predicted octanol–water partition coefficient (Wildman–Crippen LogP) is 16.7. The summed E-state index contributed by atoms with van der Waals surface area (Å²) in [5.41, 5.74) is 1.90. The second-order valence-corrected chi connectivity index (χ2v) is 21.2. The van der Waals surface area contributed by atoms with Crippen molar-refractivity contribution in [2.45, 2.75) is 280 Å². The van der Waals surface area contributed by atoms with E-state index in [0.717, 1.165) is 36.8 Å². The maximum absolute atomic E-state index is 11.1. The fraction of sp³-hybridized carbons (Fsp3) is 0.778. The Kier molecular flexibility index (Phi) is 44.2. The van der Waals surface area contributed by atoms with Crippen molar-refractivity contribution in [1.82, 2.24) is 0 Å². The summed E-state index contributed by atoms with van der Waals surface area (Å²) < 4.78 is 66.5. The molecule has 360 valence electrons. The second-order valence-electron chi connectivity index (χ2n) is 18.4. The van der Waals surface area contributed by atoms with Crippen LogP contribution in [0.15, 0.2) is 58.3 Å². The minimum atomic E-state index is -4.34. The van der Waals surface area contributed by atoms with Crippen molar-refractivity contribution in [3.63, 3.8) is 0 Å². The molecule has 0 amide bonds. The molecule has 0 aliphatic carbocycles. The Morgan fingerprint density at radius 1 is 0.317 bits per heavy atom. The van der Waals surface area contributed by atoms with Gasteiger partial charge >= 0.3 is 48.9 Å². The van der Waals surface area contributed by atoms with E-state index in [1.165, 1.54) is 255 Å². The molecule has 0 fully saturated rings. The molecule has 9 heteroatoms. The van der Waals surface area contributed by atoms with E-state index in [2.05, 4.69) is 13.8 Å². The summed E-state index contributed by atoms with van der Waals surface area (Å²) in [4.78, 5) is -0.217. The van der Waals surface area contributed by atoms with Gasteiger partial charge in [0, 0.05) is 0 Å². The summed E-state index contributed by atoms with van der Waals surface area (Å²) in [6.07, 6.45) is 53.5. The fourth-order valence-electron chi connectivity index (χ4n) is 8.53. The molecule has 0 aliphatic heterocycles. The summed E-state index contributed by atoms with van der Waals surface area (Å²) in [6, 6.07) is 12.9. The predicted molar refractivity (Wildman–Crippen MR) is 269 cm³/mol. The Labute approximate surface area is 431 Å². The third-order valence-electron chi connectivity index (χ3n) is 12.5. The maximum atomic E-state index is 11.1. The Balaban J connectivity index is 0.00000120. The van der Waals surface area contributed by atoms with Gasteiger partial charge in [0.1, 0.15) is 20.2 Å². The summed E-state index contributed by atoms with van der Waals surface area (Å²) in [5, 5.41) is 0. The average Bonchev–Trinajstić information content (AvgIpc) is 3.25. The molecule has 0 saturated heterocycles. The average molecular weight is 1040 g/mol. The van der Waals surface area contributed by atoms with E-state index < -0.39 is 20.2 Å². The van der Waals surface area contributed by atoms with Crippen molar-refractivity contribution in [3.8, 4) is 0 Å². The molecule has 2 aromatic rings. The van der Waals surface area contributed by atoms with Crippen LogP contribution < -0.4 is 0 Å². The molecule has 0 N–H and O–H groups in total. The van der Waals surface area contributed by atoms with Gasteiger partial charge < -0.3 is 9.11 Å². The van der Waals surface area contributed by atoms with E-state index in [-0.39, 0.29) is 58.7 Å². The van der Waals surface area contributed by atoms with Crippen molar-refractivity contribution >= 4 is 69.1 Å². The van der Waals surface area contributed by atoms with E-state index >= 15 is 0 Å². The van der Waals surface area contributed by atoms with Crippen LogP contribution >= 0.6 is 0 Å². The normalized spacial score (nSPS) is 11.6. The first kappa shape index (κ1) is 62.8. The van der Waals surface area contributed by atoms with Gasteiger partial charge in [-0.15, -0.1) is 0 Å². The molecule has 0 bridgehead atoms. The van der Waals surface area contributed by atoms with E-state index in [0.29, 0.717) is 0 Å². The molecular weight excluding hydrogens is 946 g/mol. The van der Waals surface area contributed by atoms with Crippen LogP contribution in [0.25, 0.3) is 0 Å². The SMILES string of the molecule is CCCCCCCCCCCCCCCCCCCCCc1cccc(S(=O)(=O)[O-])c1.CCCCCCCCCCCCCCCCCCCCCc1cccc(S(=O)(=O)[O-])c1.[Ba+2]. The van der Waals surface area contributed by atoms with Gasteiger partial charge in [-0.1, -0.05) is 269 Å². The van der Waals surface area contributed by atoms with Crippen LogP contribution in [-0.4, -0.2) is 74.8 Å². The largest absolute Gasteiger partial charge is 2.00 e. The van der Waals surface area contributed by atoms with Gasteiger partial charge in [-0.25, -0.2) is 16.8 Å². The molecule has 0 spiro atoms. The summed E-state index contributed by atoms with van der Waals surface area (Å²) in [6.45, 7) is 4.56. The first-order valence-electron chi connectivity index (χ1n) is 26.2. The molecule has 0 aromatic heterocycles. The molecule has 0 atom stereocenters. The van der Waals surface area contributed by atoms with Crippen LogP contribution in [0, 0.1) is 0 Å². The van der Waals surface area contributed by atoms with Gasteiger partial charge in [0.15, 0.2) is 0 Å². The molecule has 63 heavy (non-hydrogen) atoms. The van der Waals surface area contributed by atoms with E-state index in [1.807, 2.05) is 12.1 Å². The van der Waals surface area contributed by atoms with Crippen LogP contribution in [0.2, 0.25) is 0 Å². The zero-order valence-electron chi connectivity index (χ0n) is 40.9. The molecule has 0 heterocycles. The van der Waals surface area contributed by atoms with Crippen molar-refractivity contribution < 1.29 is 25.9 Å². The zero-order valence-corrected chi connectivity index (χ0v) is 46.9. The van der Waals surface area contributed by atoms with Crippen LogP contribution in [0.1, 0.15) is 269 Å². The van der Waals surface area contributed by atoms with Crippen LogP contribution in [-0.2, 0) is 33.1 Å². The third kappa shape index (κ3) is 40.6. The first-order chi connectivity index (χ1) is 30.1. The van der Waals surface area contributed by atoms with Gasteiger partial charge in [-0.3, -0.25) is 0 Å². The Bertz CT molecular complexity index is 1400. The minimum Gasteiger partial charge on any atom is -0.744 e. The second kappa shape index (κ2) is 44.3. The van der Waals surface area contributed by atoms with Gasteiger partial charge in [-0.2, -0.15) is 0 Å². The summed E-state index contributed by atoms with van der Waals surface area (Å²) in [5.74, 6) is 0. The number of rotatable bonds is 42. The van der Waals surface area contributed by atoms with Gasteiger partial charge in [0.05, 0.1) is 9.79 Å². The zero-order chi connectivity index (χ0) is 45.3.